The second kappa shape index (κ2) is 8.02. The van der Waals surface area contributed by atoms with Crippen LogP contribution in [0.4, 0.5) is 0 Å². The van der Waals surface area contributed by atoms with E-state index in [0.717, 1.165) is 11.2 Å². The number of hydrogen-bond acceptors (Lipinski definition) is 3. The van der Waals surface area contributed by atoms with Gasteiger partial charge in [0, 0.05) is 35.5 Å². The number of Topliss-reactive ketones (excluding diaryl/α,β-unsaturated/α-hetero) is 1. The van der Waals surface area contributed by atoms with Crippen LogP contribution in [0.3, 0.4) is 0 Å². The van der Waals surface area contributed by atoms with Gasteiger partial charge in [-0.05, 0) is 30.4 Å². The highest BCUT2D eigenvalue weighted by Gasteiger charge is 2.29. The molecule has 0 aliphatic carbocycles. The van der Waals surface area contributed by atoms with E-state index in [0.29, 0.717) is 25.3 Å². The first-order chi connectivity index (χ1) is 11.5. The number of rotatable bonds is 6. The molecule has 0 radical (unpaired) electrons. The highest BCUT2D eigenvalue weighted by atomic mass is 35.5. The van der Waals surface area contributed by atoms with Crippen LogP contribution >= 0.6 is 12.4 Å². The Hall–Kier alpha value is -1.85. The number of amides is 1. The fourth-order valence-electron chi connectivity index (χ4n) is 3.62. The number of carbonyl (C=O) groups excluding carboxylic acids is 2. The van der Waals surface area contributed by atoms with Crippen LogP contribution in [0.15, 0.2) is 24.3 Å². The molecule has 2 aromatic rings. The molecule has 2 atom stereocenters. The first-order valence-electron chi connectivity index (χ1n) is 8.59. The zero-order valence-electron chi connectivity index (χ0n) is 14.7. The van der Waals surface area contributed by atoms with Crippen LogP contribution in [0.25, 0.3) is 10.9 Å². The van der Waals surface area contributed by atoms with E-state index in [9.17, 15) is 9.59 Å². The largest absolute Gasteiger partial charge is 0.369 e. The minimum Gasteiger partial charge on any atom is -0.369 e. The van der Waals surface area contributed by atoms with E-state index in [1.54, 1.807) is 0 Å². The van der Waals surface area contributed by atoms with Crippen molar-refractivity contribution in [2.24, 2.45) is 17.6 Å². The zero-order chi connectivity index (χ0) is 17.3. The number of fused-ring (bicyclic) bond motifs is 3. The number of aromatic nitrogens is 1. The van der Waals surface area contributed by atoms with Crippen molar-refractivity contribution in [3.05, 3.63) is 35.5 Å². The van der Waals surface area contributed by atoms with Gasteiger partial charge in [0.15, 0.2) is 5.78 Å². The summed E-state index contributed by atoms with van der Waals surface area (Å²) in [5.41, 5.74) is 8.94. The molecule has 0 bridgehead atoms. The summed E-state index contributed by atoms with van der Waals surface area (Å²) in [4.78, 5) is 27.7. The second-order valence-electron chi connectivity index (χ2n) is 7.16. The summed E-state index contributed by atoms with van der Waals surface area (Å²) in [6.07, 6.45) is 1.54. The van der Waals surface area contributed by atoms with Crippen LogP contribution in [0, 0.1) is 11.8 Å². The molecule has 1 aromatic carbocycles. The number of ketones is 1. The lowest BCUT2D eigenvalue weighted by atomic mass is 9.87. The monoisotopic (exact) mass is 363 g/mol. The summed E-state index contributed by atoms with van der Waals surface area (Å²) < 4.78 is 0. The Balaban J connectivity index is 0.00000225. The van der Waals surface area contributed by atoms with E-state index < -0.39 is 0 Å². The van der Waals surface area contributed by atoms with Gasteiger partial charge in [0.05, 0.1) is 6.04 Å². The lowest BCUT2D eigenvalue weighted by molar-refractivity contribution is -0.128. The van der Waals surface area contributed by atoms with Gasteiger partial charge in [0.2, 0.25) is 5.91 Å². The Kier molecular flexibility index (Phi) is 6.25. The highest BCUT2D eigenvalue weighted by Crippen LogP contribution is 2.27. The van der Waals surface area contributed by atoms with E-state index in [-0.39, 0.29) is 42.5 Å². The van der Waals surface area contributed by atoms with Crippen molar-refractivity contribution < 1.29 is 9.59 Å². The number of primary amides is 1. The maximum atomic E-state index is 12.7. The summed E-state index contributed by atoms with van der Waals surface area (Å²) in [6, 6.07) is 7.91. The van der Waals surface area contributed by atoms with Crippen LogP contribution in [-0.2, 0) is 22.6 Å². The van der Waals surface area contributed by atoms with E-state index >= 15 is 0 Å². The molecule has 1 aliphatic rings. The van der Waals surface area contributed by atoms with Gasteiger partial charge in [-0.15, -0.1) is 12.4 Å². The van der Waals surface area contributed by atoms with Gasteiger partial charge in [0.1, 0.15) is 0 Å². The molecule has 1 aromatic heterocycles. The lowest BCUT2D eigenvalue weighted by Gasteiger charge is -2.25. The predicted molar refractivity (Wildman–Crippen MR) is 102 cm³/mol. The van der Waals surface area contributed by atoms with Gasteiger partial charge in [-0.3, -0.25) is 9.59 Å². The Morgan fingerprint density at radius 2 is 2.00 bits per heavy atom. The lowest BCUT2D eigenvalue weighted by Crippen LogP contribution is -2.43. The Bertz CT molecular complexity index is 769. The number of nitrogens with two attached hydrogens (primary N) is 1. The third-order valence-corrected chi connectivity index (χ3v) is 4.83. The van der Waals surface area contributed by atoms with Gasteiger partial charge in [-0.25, -0.2) is 0 Å². The maximum absolute atomic E-state index is 12.7. The van der Waals surface area contributed by atoms with Crippen LogP contribution in [-0.4, -0.2) is 22.7 Å². The summed E-state index contributed by atoms with van der Waals surface area (Å²) >= 11 is 0. The average Bonchev–Trinajstić information content (AvgIpc) is 2.91. The Labute approximate surface area is 154 Å². The molecule has 1 amide bonds. The van der Waals surface area contributed by atoms with Crippen LogP contribution in [0.1, 0.15) is 37.9 Å². The van der Waals surface area contributed by atoms with Crippen LogP contribution in [0.5, 0.6) is 0 Å². The van der Waals surface area contributed by atoms with Crippen molar-refractivity contribution in [2.75, 3.05) is 0 Å². The van der Waals surface area contributed by atoms with Crippen LogP contribution < -0.4 is 11.1 Å². The van der Waals surface area contributed by atoms with Gasteiger partial charge in [-0.2, -0.15) is 0 Å². The number of halogens is 1. The van der Waals surface area contributed by atoms with Gasteiger partial charge in [-0.1, -0.05) is 32.0 Å². The third-order valence-electron chi connectivity index (χ3n) is 4.83. The first-order valence-corrected chi connectivity index (χ1v) is 8.59. The van der Waals surface area contributed by atoms with Crippen molar-refractivity contribution in [2.45, 2.75) is 45.7 Å². The fraction of sp³-hybridized carbons (Fsp3) is 0.474. The Morgan fingerprint density at radius 3 is 2.68 bits per heavy atom. The number of hydrogen-bond donors (Lipinski definition) is 3. The molecule has 5 nitrogen and oxygen atoms in total. The minimum atomic E-state index is -0.374. The van der Waals surface area contributed by atoms with Gasteiger partial charge in [0.25, 0.3) is 0 Å². The molecule has 0 saturated heterocycles. The number of benzene rings is 1. The van der Waals surface area contributed by atoms with Crippen LogP contribution in [0.2, 0.25) is 0 Å². The molecule has 136 valence electrons. The topological polar surface area (TPSA) is 88.0 Å². The minimum absolute atomic E-state index is 0. The first kappa shape index (κ1) is 19.5. The highest BCUT2D eigenvalue weighted by molar-refractivity contribution is 5.91. The van der Waals surface area contributed by atoms with E-state index in [2.05, 4.69) is 22.4 Å². The molecule has 25 heavy (non-hydrogen) atoms. The maximum Gasteiger partial charge on any atom is 0.220 e. The number of aromatic amines is 1. The molecular formula is C19H26ClN3O2. The summed E-state index contributed by atoms with van der Waals surface area (Å²) in [5, 5.41) is 4.48. The molecule has 1 aliphatic heterocycles. The van der Waals surface area contributed by atoms with Crippen molar-refractivity contribution in [1.29, 1.82) is 0 Å². The molecule has 0 spiro atoms. The molecule has 3 rings (SSSR count). The molecule has 6 heteroatoms. The summed E-state index contributed by atoms with van der Waals surface area (Å²) in [6.45, 7) is 4.72. The van der Waals surface area contributed by atoms with E-state index in [4.69, 9.17) is 5.73 Å². The fourth-order valence-corrected chi connectivity index (χ4v) is 3.62. The molecular weight excluding hydrogens is 338 g/mol. The Morgan fingerprint density at radius 1 is 1.28 bits per heavy atom. The molecule has 0 saturated carbocycles. The average molecular weight is 364 g/mol. The number of para-hydroxylation sites is 1. The van der Waals surface area contributed by atoms with Gasteiger partial charge >= 0.3 is 0 Å². The third kappa shape index (κ3) is 4.22. The molecule has 2 heterocycles. The smallest absolute Gasteiger partial charge is 0.220 e. The van der Waals surface area contributed by atoms with E-state index in [1.165, 1.54) is 10.9 Å². The summed E-state index contributed by atoms with van der Waals surface area (Å²) in [5.74, 6) is -0.325. The van der Waals surface area contributed by atoms with E-state index in [1.807, 2.05) is 26.0 Å². The zero-order valence-corrected chi connectivity index (χ0v) is 15.5. The van der Waals surface area contributed by atoms with Crippen molar-refractivity contribution in [1.82, 2.24) is 10.3 Å². The molecule has 0 fully saturated rings. The number of H-pyrrole nitrogens is 1. The molecule has 4 N–H and O–H groups in total. The normalized spacial score (nSPS) is 17.8. The number of carbonyl (C=O) groups is 2. The number of nitrogens with one attached hydrogen (secondary N) is 2. The standard InChI is InChI=1S/C19H25N3O2.ClH/c1-11(2)7-12(19(20)24)8-18(23)16-9-14-13-5-3-4-6-15(13)22-17(14)10-21-16;/h3-6,11-12,16,21-22H,7-10H2,1-2H3,(H2,20,24);1H/t12-,16-;/m1./s1. The van der Waals surface area contributed by atoms with Crippen molar-refractivity contribution in [3.8, 4) is 0 Å². The summed E-state index contributed by atoms with van der Waals surface area (Å²) in [7, 11) is 0. The van der Waals surface area contributed by atoms with Crippen molar-refractivity contribution >= 4 is 35.0 Å². The quantitative estimate of drug-likeness (QED) is 0.737. The predicted octanol–water partition coefficient (Wildman–Crippen LogP) is 2.71. The van der Waals surface area contributed by atoms with Gasteiger partial charge < -0.3 is 16.0 Å². The SMILES string of the molecule is CC(C)C[C@H](CC(=O)[C@H]1Cc2c([nH]c3ccccc23)CN1)C(N)=O.Cl. The van der Waals surface area contributed by atoms with Crippen molar-refractivity contribution in [3.63, 3.8) is 0 Å². The second-order valence-corrected chi connectivity index (χ2v) is 7.16. The molecule has 0 unspecified atom stereocenters.